The molecule has 1 aliphatic rings. The van der Waals surface area contributed by atoms with Gasteiger partial charge in [-0.15, -0.1) is 0 Å². The molecule has 7 heteroatoms. The molecular weight excluding hydrogens is 252 g/mol. The fraction of sp³-hybridized carbons (Fsp3) is 0.833. The number of nitrogens with zero attached hydrogens (tertiary/aromatic N) is 1. The third-order valence-electron chi connectivity index (χ3n) is 3.27. The minimum Gasteiger partial charge on any atom is -0.480 e. The molecule has 3 N–H and O–H groups in total. The number of hydrogen-bond donors (Lipinski definition) is 3. The Bertz CT molecular complexity index is 310. The number of aliphatic hydroxyl groups excluding tert-OH is 1. The van der Waals surface area contributed by atoms with Gasteiger partial charge < -0.3 is 25.2 Å². The zero-order valence-electron chi connectivity index (χ0n) is 11.2. The Morgan fingerprint density at radius 2 is 2.26 bits per heavy atom. The Kier molecular flexibility index (Phi) is 6.58. The number of piperidine rings is 1. The number of nitrogens with one attached hydrogen (secondary N) is 1. The van der Waals surface area contributed by atoms with E-state index in [0.717, 1.165) is 12.8 Å². The van der Waals surface area contributed by atoms with E-state index in [1.54, 1.807) is 4.90 Å². The molecule has 1 rings (SSSR count). The highest BCUT2D eigenvalue weighted by Gasteiger charge is 2.26. The minimum absolute atomic E-state index is 0.0514. The quantitative estimate of drug-likeness (QED) is 0.627. The highest BCUT2D eigenvalue weighted by molar-refractivity contribution is 5.82. The number of aliphatic carboxylic acids is 1. The molecule has 0 radical (unpaired) electrons. The Morgan fingerprint density at radius 1 is 1.53 bits per heavy atom. The lowest BCUT2D eigenvalue weighted by molar-refractivity contribution is -0.139. The summed E-state index contributed by atoms with van der Waals surface area (Å²) in [5.74, 6) is -0.983. The van der Waals surface area contributed by atoms with Crippen molar-refractivity contribution in [3.63, 3.8) is 0 Å². The van der Waals surface area contributed by atoms with E-state index in [1.807, 2.05) is 0 Å². The first-order valence-electron chi connectivity index (χ1n) is 6.46. The molecule has 2 amide bonds. The van der Waals surface area contributed by atoms with Gasteiger partial charge in [0.05, 0.1) is 0 Å². The van der Waals surface area contributed by atoms with Crippen LogP contribution >= 0.6 is 0 Å². The highest BCUT2D eigenvalue weighted by Crippen LogP contribution is 2.15. The normalized spacial score (nSPS) is 20.9. The first kappa shape index (κ1) is 15.7. The van der Waals surface area contributed by atoms with E-state index in [0.29, 0.717) is 13.1 Å². The average molecular weight is 274 g/mol. The molecule has 2 unspecified atom stereocenters. The Morgan fingerprint density at radius 3 is 2.84 bits per heavy atom. The molecule has 1 aliphatic heterocycles. The van der Waals surface area contributed by atoms with E-state index in [2.05, 4.69) is 5.32 Å². The van der Waals surface area contributed by atoms with Crippen LogP contribution in [0.25, 0.3) is 0 Å². The molecule has 1 heterocycles. The van der Waals surface area contributed by atoms with Crippen LogP contribution < -0.4 is 5.32 Å². The summed E-state index contributed by atoms with van der Waals surface area (Å²) in [4.78, 5) is 24.5. The Balaban J connectivity index is 2.48. The van der Waals surface area contributed by atoms with Gasteiger partial charge in [-0.2, -0.15) is 0 Å². The van der Waals surface area contributed by atoms with Crippen LogP contribution in [0.15, 0.2) is 0 Å². The SMILES string of the molecule is COCCC(NC(=O)N1CCCC(CO)C1)C(=O)O. The molecule has 1 saturated heterocycles. The molecule has 0 saturated carbocycles. The predicted octanol–water partition coefficient (Wildman–Crippen LogP) is -0.110. The standard InChI is InChI=1S/C12H22N2O5/c1-19-6-4-10(11(16)17)13-12(18)14-5-2-3-9(7-14)8-15/h9-10,15H,2-8H2,1H3,(H,13,18)(H,16,17). The number of carboxylic acid groups (broad SMARTS) is 1. The van der Waals surface area contributed by atoms with Crippen LogP contribution in [0.5, 0.6) is 0 Å². The van der Waals surface area contributed by atoms with Crippen LogP contribution in [0.1, 0.15) is 19.3 Å². The van der Waals surface area contributed by atoms with E-state index in [4.69, 9.17) is 14.9 Å². The van der Waals surface area contributed by atoms with Crippen molar-refractivity contribution in [2.45, 2.75) is 25.3 Å². The maximum Gasteiger partial charge on any atom is 0.326 e. The molecule has 2 atom stereocenters. The van der Waals surface area contributed by atoms with Gasteiger partial charge in [0.2, 0.25) is 0 Å². The molecule has 0 aromatic heterocycles. The number of aliphatic hydroxyl groups is 1. The molecule has 110 valence electrons. The van der Waals surface area contributed by atoms with Crippen LogP contribution in [0, 0.1) is 5.92 Å². The molecular formula is C12H22N2O5. The van der Waals surface area contributed by atoms with E-state index < -0.39 is 12.0 Å². The number of urea groups is 1. The van der Waals surface area contributed by atoms with Crippen molar-refractivity contribution in [1.29, 1.82) is 0 Å². The second kappa shape index (κ2) is 7.96. The van der Waals surface area contributed by atoms with Crippen LogP contribution in [-0.4, -0.2) is 66.6 Å². The molecule has 0 aliphatic carbocycles. The van der Waals surface area contributed by atoms with Crippen molar-refractivity contribution in [3.8, 4) is 0 Å². The summed E-state index contributed by atoms with van der Waals surface area (Å²) in [6.07, 6.45) is 1.95. The lowest BCUT2D eigenvalue weighted by Gasteiger charge is -2.32. The van der Waals surface area contributed by atoms with E-state index in [1.165, 1.54) is 7.11 Å². The number of methoxy groups -OCH3 is 1. The van der Waals surface area contributed by atoms with Crippen molar-refractivity contribution < 1.29 is 24.5 Å². The van der Waals surface area contributed by atoms with E-state index in [9.17, 15) is 9.59 Å². The fourth-order valence-electron chi connectivity index (χ4n) is 2.13. The molecule has 1 fully saturated rings. The summed E-state index contributed by atoms with van der Waals surface area (Å²) < 4.78 is 4.82. The van der Waals surface area contributed by atoms with Crippen LogP contribution in [0.3, 0.4) is 0 Å². The van der Waals surface area contributed by atoms with Gasteiger partial charge in [-0.05, 0) is 18.8 Å². The number of rotatable bonds is 6. The summed E-state index contributed by atoms with van der Waals surface area (Å²) >= 11 is 0. The maximum absolute atomic E-state index is 12.0. The van der Waals surface area contributed by atoms with E-state index >= 15 is 0 Å². The van der Waals surface area contributed by atoms with Crippen molar-refractivity contribution in [2.24, 2.45) is 5.92 Å². The van der Waals surface area contributed by atoms with E-state index in [-0.39, 0.29) is 31.6 Å². The average Bonchev–Trinajstić information content (AvgIpc) is 2.42. The van der Waals surface area contributed by atoms with Gasteiger partial charge in [0.1, 0.15) is 6.04 Å². The number of carboxylic acids is 1. The lowest BCUT2D eigenvalue weighted by atomic mass is 9.99. The van der Waals surface area contributed by atoms with Gasteiger partial charge >= 0.3 is 12.0 Å². The summed E-state index contributed by atoms with van der Waals surface area (Å²) in [6.45, 7) is 1.39. The summed E-state index contributed by atoms with van der Waals surface area (Å²) in [5.41, 5.74) is 0. The predicted molar refractivity (Wildman–Crippen MR) is 67.8 cm³/mol. The summed E-state index contributed by atoms with van der Waals surface area (Å²) in [7, 11) is 1.48. The maximum atomic E-state index is 12.0. The number of carbonyl (C=O) groups excluding carboxylic acids is 1. The minimum atomic E-state index is -1.07. The van der Waals surface area contributed by atoms with Gasteiger partial charge in [0.25, 0.3) is 0 Å². The van der Waals surface area contributed by atoms with Gasteiger partial charge in [0, 0.05) is 39.8 Å². The Hall–Kier alpha value is -1.34. The van der Waals surface area contributed by atoms with Crippen LogP contribution in [0.4, 0.5) is 4.79 Å². The summed E-state index contributed by atoms with van der Waals surface area (Å²) in [5, 5.41) is 20.6. The fourth-order valence-corrected chi connectivity index (χ4v) is 2.13. The van der Waals surface area contributed by atoms with Crippen molar-refractivity contribution in [3.05, 3.63) is 0 Å². The molecule has 7 nitrogen and oxygen atoms in total. The largest absolute Gasteiger partial charge is 0.480 e. The van der Waals surface area contributed by atoms with Gasteiger partial charge in [-0.25, -0.2) is 9.59 Å². The van der Waals surface area contributed by atoms with Gasteiger partial charge in [-0.1, -0.05) is 0 Å². The third kappa shape index (κ3) is 5.04. The van der Waals surface area contributed by atoms with Gasteiger partial charge in [0.15, 0.2) is 0 Å². The number of likely N-dealkylation sites (tertiary alicyclic amines) is 1. The van der Waals surface area contributed by atoms with Gasteiger partial charge in [-0.3, -0.25) is 0 Å². The van der Waals surface area contributed by atoms with Crippen LogP contribution in [-0.2, 0) is 9.53 Å². The molecule has 0 bridgehead atoms. The second-order valence-electron chi connectivity index (χ2n) is 4.76. The number of carbonyl (C=O) groups is 2. The van der Waals surface area contributed by atoms with Crippen LogP contribution in [0.2, 0.25) is 0 Å². The summed E-state index contributed by atoms with van der Waals surface area (Å²) in [6, 6.07) is -1.33. The zero-order valence-corrected chi connectivity index (χ0v) is 11.2. The molecule has 19 heavy (non-hydrogen) atoms. The molecule has 0 spiro atoms. The lowest BCUT2D eigenvalue weighted by Crippen LogP contribution is -2.51. The number of hydrogen-bond acceptors (Lipinski definition) is 4. The smallest absolute Gasteiger partial charge is 0.326 e. The number of amides is 2. The zero-order chi connectivity index (χ0) is 14.3. The third-order valence-corrected chi connectivity index (χ3v) is 3.27. The molecule has 0 aromatic carbocycles. The first-order valence-corrected chi connectivity index (χ1v) is 6.46. The highest BCUT2D eigenvalue weighted by atomic mass is 16.5. The second-order valence-corrected chi connectivity index (χ2v) is 4.76. The molecule has 0 aromatic rings. The van der Waals surface area contributed by atoms with Crippen molar-refractivity contribution in [1.82, 2.24) is 10.2 Å². The first-order chi connectivity index (χ1) is 9.08. The monoisotopic (exact) mass is 274 g/mol. The van der Waals surface area contributed by atoms with Crippen molar-refractivity contribution in [2.75, 3.05) is 33.4 Å². The van der Waals surface area contributed by atoms with Crippen molar-refractivity contribution >= 4 is 12.0 Å². The Labute approximate surface area is 112 Å². The topological polar surface area (TPSA) is 99.1 Å². The number of ether oxygens (including phenoxy) is 1.